The van der Waals surface area contributed by atoms with E-state index in [-0.39, 0.29) is 24.8 Å². The van der Waals surface area contributed by atoms with E-state index >= 15 is 0 Å². The molecule has 1 N–H and O–H groups in total. The van der Waals surface area contributed by atoms with E-state index in [4.69, 9.17) is 9.26 Å². The van der Waals surface area contributed by atoms with Gasteiger partial charge in [-0.15, -0.1) is 0 Å². The van der Waals surface area contributed by atoms with Gasteiger partial charge in [-0.25, -0.2) is 9.18 Å². The van der Waals surface area contributed by atoms with Crippen molar-refractivity contribution in [1.82, 2.24) is 15.5 Å². The molecule has 1 aromatic carbocycles. The number of benzene rings is 1. The maximum Gasteiger partial charge on any atom is 0.414 e. The van der Waals surface area contributed by atoms with E-state index in [0.29, 0.717) is 23.2 Å². The van der Waals surface area contributed by atoms with E-state index in [1.54, 1.807) is 19.1 Å². The second-order valence-electron chi connectivity index (χ2n) is 8.05. The number of aromatic nitrogens is 2. The minimum atomic E-state index is -0.542. The molecule has 1 atom stereocenters. The maximum atomic E-state index is 14.9. The van der Waals surface area contributed by atoms with Crippen molar-refractivity contribution in [1.29, 1.82) is 0 Å². The molecule has 31 heavy (non-hydrogen) atoms. The Morgan fingerprint density at radius 1 is 1.32 bits per heavy atom. The first kappa shape index (κ1) is 21.1. The monoisotopic (exact) mass is 431 g/mol. The molecule has 3 heterocycles. The fourth-order valence-corrected chi connectivity index (χ4v) is 4.08. The molecule has 0 aliphatic carbocycles. The number of aryl methyl sites for hydroxylation is 1. The third-order valence-electron chi connectivity index (χ3n) is 5.69. The molecule has 0 spiro atoms. The van der Waals surface area contributed by atoms with Crippen molar-refractivity contribution in [2.24, 2.45) is 5.92 Å². The lowest BCUT2D eigenvalue weighted by Crippen LogP contribution is -2.35. The van der Waals surface area contributed by atoms with Gasteiger partial charge in [-0.3, -0.25) is 9.69 Å². The summed E-state index contributed by atoms with van der Waals surface area (Å²) in [6, 6.07) is 4.81. The maximum absolute atomic E-state index is 14.9. The van der Waals surface area contributed by atoms with Crippen LogP contribution in [0.15, 0.2) is 22.7 Å². The largest absolute Gasteiger partial charge is 0.442 e. The molecule has 2 aliphatic heterocycles. The highest BCUT2D eigenvalue weighted by Gasteiger charge is 2.33. The lowest BCUT2D eigenvalue weighted by atomic mass is 9.93. The van der Waals surface area contributed by atoms with Crippen molar-refractivity contribution in [2.45, 2.75) is 39.2 Å². The lowest BCUT2D eigenvalue weighted by molar-refractivity contribution is -0.119. The third-order valence-corrected chi connectivity index (χ3v) is 5.69. The number of rotatable bonds is 6. The van der Waals surface area contributed by atoms with Gasteiger partial charge >= 0.3 is 6.09 Å². The van der Waals surface area contributed by atoms with Gasteiger partial charge in [0.1, 0.15) is 11.9 Å². The van der Waals surface area contributed by atoms with E-state index in [9.17, 15) is 14.0 Å². The Labute approximate surface area is 179 Å². The highest BCUT2D eigenvalue weighted by atomic mass is 19.1. The Hall–Kier alpha value is -3.17. The molecule has 166 valence electrons. The van der Waals surface area contributed by atoms with Crippen molar-refractivity contribution < 1.29 is 23.2 Å². The standard InChI is InChI=1S/C21H26FN5O4/c1-13(28)23-11-17-12-27(21(29)30-17)16-3-4-19(18(22)10-16)26-7-5-15(6-8-26)9-20-24-14(2)31-25-20/h3-4,10,15,17H,5-9,11-12H2,1-2H3,(H,23,28). The third kappa shape index (κ3) is 4.95. The van der Waals surface area contributed by atoms with E-state index in [1.807, 2.05) is 4.90 Å². The smallest absolute Gasteiger partial charge is 0.414 e. The van der Waals surface area contributed by atoms with E-state index < -0.39 is 12.2 Å². The number of anilines is 2. The molecule has 1 unspecified atom stereocenters. The summed E-state index contributed by atoms with van der Waals surface area (Å²) in [6.07, 6.45) is 1.60. The lowest BCUT2D eigenvalue weighted by Gasteiger charge is -2.33. The van der Waals surface area contributed by atoms with E-state index in [0.717, 1.165) is 38.2 Å². The topological polar surface area (TPSA) is 101 Å². The van der Waals surface area contributed by atoms with Gasteiger partial charge in [-0.2, -0.15) is 4.98 Å². The number of ether oxygens (including phenoxy) is 1. The summed E-state index contributed by atoms with van der Waals surface area (Å²) >= 11 is 0. The average Bonchev–Trinajstić information content (AvgIpc) is 3.32. The fourth-order valence-electron chi connectivity index (χ4n) is 4.08. The molecule has 2 fully saturated rings. The molecule has 2 amide bonds. The van der Waals surface area contributed by atoms with Crippen molar-refractivity contribution in [3.8, 4) is 0 Å². The molecule has 0 bridgehead atoms. The zero-order valence-corrected chi connectivity index (χ0v) is 17.6. The molecular formula is C21H26FN5O4. The summed E-state index contributed by atoms with van der Waals surface area (Å²) < 4.78 is 25.2. The quantitative estimate of drug-likeness (QED) is 0.750. The average molecular weight is 431 g/mol. The molecule has 4 rings (SSSR count). The van der Waals surface area contributed by atoms with Crippen LogP contribution in [0.2, 0.25) is 0 Å². The van der Waals surface area contributed by atoms with Crippen molar-refractivity contribution in [3.63, 3.8) is 0 Å². The van der Waals surface area contributed by atoms with Gasteiger partial charge in [-0.05, 0) is 37.0 Å². The van der Waals surface area contributed by atoms with Gasteiger partial charge in [0.25, 0.3) is 0 Å². The highest BCUT2D eigenvalue weighted by Crippen LogP contribution is 2.31. The summed E-state index contributed by atoms with van der Waals surface area (Å²) in [6.45, 7) is 5.15. The van der Waals surface area contributed by atoms with Gasteiger partial charge < -0.3 is 19.5 Å². The molecule has 2 aromatic rings. The number of nitrogens with one attached hydrogen (secondary N) is 1. The fraction of sp³-hybridized carbons (Fsp3) is 0.524. The summed E-state index contributed by atoms with van der Waals surface area (Å²) in [5.74, 6) is 1.16. The van der Waals surface area contributed by atoms with Crippen LogP contribution in [0.4, 0.5) is 20.6 Å². The van der Waals surface area contributed by atoms with Crippen molar-refractivity contribution in [2.75, 3.05) is 36.0 Å². The van der Waals surface area contributed by atoms with Crippen molar-refractivity contribution in [3.05, 3.63) is 35.7 Å². The van der Waals surface area contributed by atoms with Crippen LogP contribution in [0.5, 0.6) is 0 Å². The van der Waals surface area contributed by atoms with Gasteiger partial charge in [0.2, 0.25) is 11.8 Å². The number of hydrogen-bond acceptors (Lipinski definition) is 7. The number of carbonyl (C=O) groups is 2. The minimum absolute atomic E-state index is 0.193. The van der Waals surface area contributed by atoms with Crippen LogP contribution in [0, 0.1) is 18.7 Å². The van der Waals surface area contributed by atoms with Crippen LogP contribution < -0.4 is 15.1 Å². The van der Waals surface area contributed by atoms with E-state index in [1.165, 1.54) is 17.9 Å². The molecule has 2 aliphatic rings. The number of amides is 2. The summed E-state index contributed by atoms with van der Waals surface area (Å²) in [7, 11) is 0. The second kappa shape index (κ2) is 8.91. The van der Waals surface area contributed by atoms with Gasteiger partial charge in [-0.1, -0.05) is 5.16 Å². The molecule has 0 radical (unpaired) electrons. The highest BCUT2D eigenvalue weighted by molar-refractivity contribution is 5.90. The predicted molar refractivity (Wildman–Crippen MR) is 110 cm³/mol. The second-order valence-corrected chi connectivity index (χ2v) is 8.05. The molecule has 10 heteroatoms. The number of halogens is 1. The Balaban J connectivity index is 1.35. The SMILES string of the molecule is CC(=O)NCC1CN(c2ccc(N3CCC(Cc4noc(C)n4)CC3)c(F)c2)C(=O)O1. The number of piperidine rings is 1. The molecule has 2 saturated heterocycles. The zero-order valence-electron chi connectivity index (χ0n) is 17.6. The number of nitrogens with zero attached hydrogens (tertiary/aromatic N) is 4. The first-order valence-corrected chi connectivity index (χ1v) is 10.5. The predicted octanol–water partition coefficient (Wildman–Crippen LogP) is 2.44. The first-order valence-electron chi connectivity index (χ1n) is 10.5. The Morgan fingerprint density at radius 2 is 2.10 bits per heavy atom. The van der Waals surface area contributed by atoms with Crippen molar-refractivity contribution >= 4 is 23.4 Å². The van der Waals surface area contributed by atoms with Crippen LogP contribution in [0.1, 0.15) is 31.5 Å². The normalized spacial score (nSPS) is 19.6. The van der Waals surface area contributed by atoms with Gasteiger partial charge in [0.05, 0.1) is 24.5 Å². The molecule has 1 aromatic heterocycles. The zero-order chi connectivity index (χ0) is 22.0. The Bertz CT molecular complexity index is 957. The van der Waals surface area contributed by atoms with Crippen LogP contribution in [-0.2, 0) is 16.0 Å². The Morgan fingerprint density at radius 3 is 2.74 bits per heavy atom. The van der Waals surface area contributed by atoms with Gasteiger partial charge in [0, 0.05) is 33.4 Å². The van der Waals surface area contributed by atoms with Crippen LogP contribution in [0.3, 0.4) is 0 Å². The van der Waals surface area contributed by atoms with Gasteiger partial charge in [0.15, 0.2) is 5.82 Å². The molecule has 9 nitrogen and oxygen atoms in total. The van der Waals surface area contributed by atoms with Crippen LogP contribution in [-0.4, -0.2) is 54.4 Å². The minimum Gasteiger partial charge on any atom is -0.442 e. The summed E-state index contributed by atoms with van der Waals surface area (Å²) in [4.78, 5) is 30.9. The first-order chi connectivity index (χ1) is 14.9. The van der Waals surface area contributed by atoms with Crippen LogP contribution >= 0.6 is 0 Å². The Kier molecular flexibility index (Phi) is 6.06. The molecule has 0 saturated carbocycles. The van der Waals surface area contributed by atoms with Crippen LogP contribution in [0.25, 0.3) is 0 Å². The number of hydrogen-bond donors (Lipinski definition) is 1. The summed E-state index contributed by atoms with van der Waals surface area (Å²) in [5.41, 5.74) is 0.971. The molecular weight excluding hydrogens is 405 g/mol. The number of cyclic esters (lactones) is 1. The summed E-state index contributed by atoms with van der Waals surface area (Å²) in [5, 5.41) is 6.58. The van der Waals surface area contributed by atoms with E-state index in [2.05, 4.69) is 15.5 Å². The number of carbonyl (C=O) groups excluding carboxylic acids is 2.